The van der Waals surface area contributed by atoms with E-state index >= 15 is 0 Å². The van der Waals surface area contributed by atoms with Gasteiger partial charge < -0.3 is 15.4 Å². The van der Waals surface area contributed by atoms with Crippen LogP contribution in [-0.2, 0) is 6.42 Å². The van der Waals surface area contributed by atoms with Gasteiger partial charge in [0.05, 0.1) is 6.10 Å². The second-order valence-corrected chi connectivity index (χ2v) is 5.48. The van der Waals surface area contributed by atoms with Crippen molar-refractivity contribution in [2.24, 2.45) is 11.8 Å². The number of anilines is 2. The lowest BCUT2D eigenvalue weighted by Gasteiger charge is -2.35. The molecule has 1 aliphatic rings. The number of aliphatic hydroxyl groups is 1. The Bertz CT molecular complexity index is 430. The average molecular weight is 279 g/mol. The highest BCUT2D eigenvalue weighted by Crippen LogP contribution is 2.29. The first kappa shape index (κ1) is 15.0. The summed E-state index contributed by atoms with van der Waals surface area (Å²) in [7, 11) is 0. The second-order valence-electron chi connectivity index (χ2n) is 5.48. The van der Waals surface area contributed by atoms with E-state index in [4.69, 9.17) is 5.84 Å². The van der Waals surface area contributed by atoms with Gasteiger partial charge in [-0.25, -0.2) is 15.8 Å². The molecule has 4 N–H and O–H groups in total. The predicted molar refractivity (Wildman–Crippen MR) is 80.5 cm³/mol. The molecule has 6 heteroatoms. The Morgan fingerprint density at radius 2 is 2.15 bits per heavy atom. The fourth-order valence-electron chi connectivity index (χ4n) is 2.87. The van der Waals surface area contributed by atoms with Gasteiger partial charge in [0, 0.05) is 18.7 Å². The van der Waals surface area contributed by atoms with Crippen molar-refractivity contribution in [3.05, 3.63) is 11.9 Å². The molecule has 0 aromatic carbocycles. The first-order valence-corrected chi connectivity index (χ1v) is 7.40. The Balaban J connectivity index is 2.16. The van der Waals surface area contributed by atoms with E-state index in [9.17, 15) is 5.11 Å². The first-order chi connectivity index (χ1) is 9.67. The highest BCUT2D eigenvalue weighted by molar-refractivity contribution is 5.58. The third kappa shape index (κ3) is 3.19. The van der Waals surface area contributed by atoms with Crippen LogP contribution >= 0.6 is 0 Å². The molecule has 0 spiro atoms. The number of rotatable bonds is 5. The predicted octanol–water partition coefficient (Wildman–Crippen LogP) is 1.31. The van der Waals surface area contributed by atoms with Crippen molar-refractivity contribution < 1.29 is 5.11 Å². The molecule has 1 aliphatic heterocycles. The quantitative estimate of drug-likeness (QED) is 0.556. The van der Waals surface area contributed by atoms with Crippen molar-refractivity contribution in [2.45, 2.75) is 45.6 Å². The summed E-state index contributed by atoms with van der Waals surface area (Å²) in [5, 5.41) is 9.68. The van der Waals surface area contributed by atoms with Crippen LogP contribution in [-0.4, -0.2) is 34.3 Å². The SMILES string of the molecule is CCCc1c(NN)ncnc1N1CCC(C(C)O)CC1. The van der Waals surface area contributed by atoms with Gasteiger partial charge in [-0.1, -0.05) is 13.3 Å². The minimum atomic E-state index is -0.223. The third-order valence-corrected chi connectivity index (χ3v) is 4.08. The lowest BCUT2D eigenvalue weighted by Crippen LogP contribution is -2.38. The summed E-state index contributed by atoms with van der Waals surface area (Å²) in [6, 6.07) is 0. The summed E-state index contributed by atoms with van der Waals surface area (Å²) in [4.78, 5) is 10.9. The van der Waals surface area contributed by atoms with E-state index < -0.39 is 0 Å². The van der Waals surface area contributed by atoms with Crippen molar-refractivity contribution >= 4 is 11.6 Å². The van der Waals surface area contributed by atoms with Crippen LogP contribution in [0.5, 0.6) is 0 Å². The Morgan fingerprint density at radius 1 is 1.45 bits per heavy atom. The van der Waals surface area contributed by atoms with Crippen LogP contribution in [0.25, 0.3) is 0 Å². The largest absolute Gasteiger partial charge is 0.393 e. The number of aromatic nitrogens is 2. The molecule has 20 heavy (non-hydrogen) atoms. The van der Waals surface area contributed by atoms with Crippen LogP contribution in [0.4, 0.5) is 11.6 Å². The van der Waals surface area contributed by atoms with E-state index in [1.165, 1.54) is 0 Å². The van der Waals surface area contributed by atoms with E-state index in [0.717, 1.165) is 56.0 Å². The van der Waals surface area contributed by atoms with Crippen molar-refractivity contribution in [3.8, 4) is 0 Å². The fraction of sp³-hybridized carbons (Fsp3) is 0.714. The van der Waals surface area contributed by atoms with E-state index in [0.29, 0.717) is 5.92 Å². The van der Waals surface area contributed by atoms with Gasteiger partial charge in [-0.05, 0) is 32.1 Å². The van der Waals surface area contributed by atoms with Crippen LogP contribution in [0.15, 0.2) is 6.33 Å². The number of nitrogens with zero attached hydrogens (tertiary/aromatic N) is 3. The lowest BCUT2D eigenvalue weighted by atomic mass is 9.92. The maximum absolute atomic E-state index is 9.68. The van der Waals surface area contributed by atoms with Crippen LogP contribution in [0.3, 0.4) is 0 Å². The second kappa shape index (κ2) is 6.85. The molecule has 0 aliphatic carbocycles. The molecular weight excluding hydrogens is 254 g/mol. The molecule has 1 saturated heterocycles. The molecule has 1 aromatic rings. The first-order valence-electron chi connectivity index (χ1n) is 7.40. The zero-order chi connectivity index (χ0) is 14.5. The standard InChI is InChI=1S/C14H25N5O/c1-3-4-12-13(18-15)16-9-17-14(12)19-7-5-11(6-8-19)10(2)20/h9-11,20H,3-8,15H2,1-2H3,(H,16,17,18). The number of nitrogens with two attached hydrogens (primary N) is 1. The number of nitrogen functional groups attached to an aromatic ring is 1. The lowest BCUT2D eigenvalue weighted by molar-refractivity contribution is 0.109. The maximum atomic E-state index is 9.68. The summed E-state index contributed by atoms with van der Waals surface area (Å²) < 4.78 is 0. The zero-order valence-corrected chi connectivity index (χ0v) is 12.3. The molecule has 1 aromatic heterocycles. The molecule has 0 saturated carbocycles. The Hall–Kier alpha value is -1.40. The molecule has 6 nitrogen and oxygen atoms in total. The minimum absolute atomic E-state index is 0.223. The Labute approximate surface area is 120 Å². The van der Waals surface area contributed by atoms with E-state index in [1.807, 2.05) is 6.92 Å². The highest BCUT2D eigenvalue weighted by atomic mass is 16.3. The maximum Gasteiger partial charge on any atom is 0.148 e. The number of nitrogens with one attached hydrogen (secondary N) is 1. The van der Waals surface area contributed by atoms with Crippen molar-refractivity contribution in [2.75, 3.05) is 23.4 Å². The molecule has 0 amide bonds. The number of hydrogen-bond donors (Lipinski definition) is 3. The van der Waals surface area contributed by atoms with Crippen LogP contribution in [0.2, 0.25) is 0 Å². The average Bonchev–Trinajstić information content (AvgIpc) is 2.48. The molecule has 112 valence electrons. The Morgan fingerprint density at radius 3 is 2.70 bits per heavy atom. The molecular formula is C14H25N5O. The zero-order valence-electron chi connectivity index (χ0n) is 12.3. The molecule has 2 rings (SSSR count). The van der Waals surface area contributed by atoms with Gasteiger partial charge in [0.25, 0.3) is 0 Å². The van der Waals surface area contributed by atoms with Crippen LogP contribution in [0, 0.1) is 5.92 Å². The van der Waals surface area contributed by atoms with E-state index in [-0.39, 0.29) is 6.10 Å². The topological polar surface area (TPSA) is 87.3 Å². The minimum Gasteiger partial charge on any atom is -0.393 e. The third-order valence-electron chi connectivity index (χ3n) is 4.08. The van der Waals surface area contributed by atoms with Crippen LogP contribution < -0.4 is 16.2 Å². The van der Waals surface area contributed by atoms with Crippen LogP contribution in [0.1, 0.15) is 38.7 Å². The van der Waals surface area contributed by atoms with Crippen molar-refractivity contribution in [3.63, 3.8) is 0 Å². The van der Waals surface area contributed by atoms with Gasteiger partial charge in [-0.3, -0.25) is 0 Å². The van der Waals surface area contributed by atoms with Crippen molar-refractivity contribution in [1.29, 1.82) is 0 Å². The highest BCUT2D eigenvalue weighted by Gasteiger charge is 2.25. The van der Waals surface area contributed by atoms with E-state index in [1.54, 1.807) is 6.33 Å². The summed E-state index contributed by atoms with van der Waals surface area (Å²) in [6.45, 7) is 5.86. The number of hydrogen-bond acceptors (Lipinski definition) is 6. The summed E-state index contributed by atoms with van der Waals surface area (Å²) in [5.74, 6) is 7.65. The number of aliphatic hydroxyl groups excluding tert-OH is 1. The van der Waals surface area contributed by atoms with Gasteiger partial charge in [0.1, 0.15) is 18.0 Å². The fourth-order valence-corrected chi connectivity index (χ4v) is 2.87. The molecule has 0 radical (unpaired) electrons. The molecule has 2 heterocycles. The summed E-state index contributed by atoms with van der Waals surface area (Å²) in [5.41, 5.74) is 3.76. The number of piperidine rings is 1. The molecule has 0 bridgehead atoms. The van der Waals surface area contributed by atoms with Gasteiger partial charge >= 0.3 is 0 Å². The van der Waals surface area contributed by atoms with Gasteiger partial charge in [0.2, 0.25) is 0 Å². The molecule has 1 unspecified atom stereocenters. The molecule has 1 fully saturated rings. The van der Waals surface area contributed by atoms with Gasteiger partial charge in [-0.2, -0.15) is 0 Å². The Kier molecular flexibility index (Phi) is 5.14. The smallest absolute Gasteiger partial charge is 0.148 e. The molecule has 1 atom stereocenters. The normalized spacial score (nSPS) is 18.1. The van der Waals surface area contributed by atoms with Crippen molar-refractivity contribution in [1.82, 2.24) is 9.97 Å². The summed E-state index contributed by atoms with van der Waals surface area (Å²) in [6.07, 6.45) is 5.27. The van der Waals surface area contributed by atoms with Gasteiger partial charge in [0.15, 0.2) is 0 Å². The summed E-state index contributed by atoms with van der Waals surface area (Å²) >= 11 is 0. The van der Waals surface area contributed by atoms with E-state index in [2.05, 4.69) is 27.2 Å². The monoisotopic (exact) mass is 279 g/mol. The van der Waals surface area contributed by atoms with Gasteiger partial charge in [-0.15, -0.1) is 0 Å². The number of hydrazine groups is 1.